The number of hydrogen-bond acceptors (Lipinski definition) is 11. The first-order valence-electron chi connectivity index (χ1n) is 18.0. The molecule has 1 aromatic carbocycles. The summed E-state index contributed by atoms with van der Waals surface area (Å²) in [4.78, 5) is 52.6. The second kappa shape index (κ2) is 15.4. The van der Waals surface area contributed by atoms with Gasteiger partial charge in [0, 0.05) is 44.5 Å². The van der Waals surface area contributed by atoms with Crippen molar-refractivity contribution in [2.75, 3.05) is 17.2 Å². The number of benzene rings is 1. The lowest BCUT2D eigenvalue weighted by molar-refractivity contribution is 0.100. The lowest BCUT2D eigenvalue weighted by Gasteiger charge is -2.13. The number of carbonyl (C=O) groups excluding carboxylic acids is 3. The van der Waals surface area contributed by atoms with Gasteiger partial charge in [0.1, 0.15) is 28.2 Å². The third kappa shape index (κ3) is 7.49. The second-order valence-corrected chi connectivity index (χ2v) is 13.3. The minimum absolute atomic E-state index is 0.261. The Balaban J connectivity index is 1.23. The summed E-state index contributed by atoms with van der Waals surface area (Å²) < 4.78 is 13.3. The maximum Gasteiger partial charge on any atom is 0.276 e. The highest BCUT2D eigenvalue weighted by Crippen LogP contribution is 2.34. The average molecular weight is 734 g/mol. The fourth-order valence-electron chi connectivity index (χ4n) is 6.37. The number of carbonyl (C=O) groups is 3. The van der Waals surface area contributed by atoms with Gasteiger partial charge in [0.05, 0.1) is 23.5 Å². The van der Waals surface area contributed by atoms with Crippen LogP contribution in [0.3, 0.4) is 0 Å². The molecule has 280 valence electrons. The Bertz CT molecular complexity index is 2400. The van der Waals surface area contributed by atoms with E-state index < -0.39 is 0 Å². The minimum Gasteiger partial charge on any atom is -0.491 e. The van der Waals surface area contributed by atoms with Crippen molar-refractivity contribution in [2.24, 2.45) is 11.8 Å². The number of nitrogens with one attached hydrogen (secondary N) is 3. The number of anilines is 2. The van der Waals surface area contributed by atoms with E-state index >= 15 is 0 Å². The highest BCUT2D eigenvalue weighted by Gasteiger charge is 2.25. The summed E-state index contributed by atoms with van der Waals surface area (Å²) in [7, 11) is 0. The number of aldehydes is 1. The van der Waals surface area contributed by atoms with Crippen molar-refractivity contribution < 1.29 is 19.1 Å². The lowest BCUT2D eigenvalue weighted by Crippen LogP contribution is -2.20. The number of hydrogen-bond donors (Lipinski definition) is 4. The van der Waals surface area contributed by atoms with Gasteiger partial charge in [0.2, 0.25) is 11.9 Å². The molecule has 1 fully saturated rings. The van der Waals surface area contributed by atoms with Crippen LogP contribution in [-0.2, 0) is 32.7 Å². The maximum atomic E-state index is 13.7. The molecule has 6 aromatic rings. The molecule has 5 N–H and O–H groups in total. The van der Waals surface area contributed by atoms with Crippen LogP contribution in [0.15, 0.2) is 48.7 Å². The number of imidazole rings is 2. The van der Waals surface area contributed by atoms with Crippen LogP contribution in [0.25, 0.3) is 22.2 Å². The van der Waals surface area contributed by atoms with Crippen molar-refractivity contribution in [2.45, 2.75) is 73.3 Å². The summed E-state index contributed by atoms with van der Waals surface area (Å²) in [5.74, 6) is 6.72. The summed E-state index contributed by atoms with van der Waals surface area (Å²) in [6, 6.07) is 8.96. The molecule has 0 atom stereocenters. The SMILES string of the molecule is CCn1nc(C)cc1C(=O)Nc1nc2cc(C=O)cnc2n1C/C=C/Cn1c(NC(=O)c2cc(C)nn2CC)nc2cc(CNN)cc(OCC3CC3)c21. The van der Waals surface area contributed by atoms with E-state index in [0.29, 0.717) is 90.3 Å². The van der Waals surface area contributed by atoms with Crippen molar-refractivity contribution in [1.82, 2.24) is 49.1 Å². The first-order valence-corrected chi connectivity index (χ1v) is 18.0. The zero-order valence-electron chi connectivity index (χ0n) is 30.7. The number of amides is 2. The Morgan fingerprint density at radius 2 is 1.48 bits per heavy atom. The van der Waals surface area contributed by atoms with E-state index in [2.05, 4.69) is 36.2 Å². The van der Waals surface area contributed by atoms with Crippen LogP contribution in [0, 0.1) is 19.8 Å². The van der Waals surface area contributed by atoms with E-state index in [1.54, 1.807) is 32.1 Å². The first kappa shape index (κ1) is 36.2. The Morgan fingerprint density at radius 3 is 2.07 bits per heavy atom. The van der Waals surface area contributed by atoms with Crippen LogP contribution in [0.1, 0.15) is 75.0 Å². The van der Waals surface area contributed by atoms with Gasteiger partial charge >= 0.3 is 0 Å². The second-order valence-electron chi connectivity index (χ2n) is 13.3. The number of aromatic nitrogens is 9. The molecular formula is C37H43N13O4. The Labute approximate surface area is 310 Å². The van der Waals surface area contributed by atoms with E-state index in [9.17, 15) is 14.4 Å². The third-order valence-corrected chi connectivity index (χ3v) is 9.15. The molecule has 5 aromatic heterocycles. The predicted molar refractivity (Wildman–Crippen MR) is 202 cm³/mol. The number of nitrogens with two attached hydrogens (primary N) is 1. The molecule has 17 heteroatoms. The fraction of sp³-hybridized carbons (Fsp3) is 0.351. The van der Waals surface area contributed by atoms with Gasteiger partial charge in [-0.3, -0.25) is 50.2 Å². The molecule has 0 aliphatic heterocycles. The summed E-state index contributed by atoms with van der Waals surface area (Å²) in [5, 5.41) is 14.8. The molecule has 0 radical (unpaired) electrons. The fourth-order valence-corrected chi connectivity index (χ4v) is 6.37. The van der Waals surface area contributed by atoms with Gasteiger partial charge in [-0.05, 0) is 82.3 Å². The van der Waals surface area contributed by atoms with Gasteiger partial charge in [0.25, 0.3) is 11.8 Å². The Hall–Kier alpha value is -6.20. The van der Waals surface area contributed by atoms with E-state index in [1.807, 2.05) is 56.5 Å². The van der Waals surface area contributed by atoms with Gasteiger partial charge in [-0.15, -0.1) is 0 Å². The lowest BCUT2D eigenvalue weighted by atomic mass is 10.2. The maximum absolute atomic E-state index is 13.7. The van der Waals surface area contributed by atoms with E-state index in [0.717, 1.165) is 35.3 Å². The van der Waals surface area contributed by atoms with Crippen molar-refractivity contribution in [3.8, 4) is 5.75 Å². The van der Waals surface area contributed by atoms with Gasteiger partial charge in [-0.2, -0.15) is 10.2 Å². The monoisotopic (exact) mass is 733 g/mol. The van der Waals surface area contributed by atoms with Crippen molar-refractivity contribution in [1.29, 1.82) is 0 Å². The number of pyridine rings is 1. The number of fused-ring (bicyclic) bond motifs is 2. The van der Waals surface area contributed by atoms with Gasteiger partial charge in [-0.1, -0.05) is 12.2 Å². The van der Waals surface area contributed by atoms with Crippen LogP contribution < -0.4 is 26.6 Å². The molecule has 1 saturated carbocycles. The normalized spacial score (nSPS) is 13.0. The molecular weight excluding hydrogens is 690 g/mol. The average Bonchev–Trinajstić information content (AvgIpc) is 3.45. The summed E-state index contributed by atoms with van der Waals surface area (Å²) in [6.45, 7) is 10.1. The standard InChI is InChI=1S/C37H43N13O4/c1-5-49-29(13-22(3)45-49)34(52)43-36-41-27-15-25(19-40-38)17-31(54-21-24-9-10-24)32(27)47(36)11-7-8-12-48-33-28(16-26(20-51)18-39-33)42-37(48)44-35(53)30-14-23(4)46-50(30)6-2/h7-8,13-18,20,24,40H,5-6,9-12,19,21,38H2,1-4H3,(H,41,43,52)(H,42,44,53)/b8-7+. The number of allylic oxidation sites excluding steroid dienone is 2. The number of rotatable bonds is 16. The summed E-state index contributed by atoms with van der Waals surface area (Å²) in [5.41, 5.74) is 8.54. The molecule has 54 heavy (non-hydrogen) atoms. The van der Waals surface area contributed by atoms with Crippen LogP contribution in [0.4, 0.5) is 11.9 Å². The highest BCUT2D eigenvalue weighted by atomic mass is 16.5. The minimum atomic E-state index is -0.374. The quantitative estimate of drug-likeness (QED) is 0.0481. The number of nitrogens with zero attached hydrogens (tertiary/aromatic N) is 9. The summed E-state index contributed by atoms with van der Waals surface area (Å²) in [6.07, 6.45) is 8.27. The van der Waals surface area contributed by atoms with Crippen LogP contribution in [0.2, 0.25) is 0 Å². The summed E-state index contributed by atoms with van der Waals surface area (Å²) >= 11 is 0. The molecule has 1 aliphatic rings. The molecule has 0 unspecified atom stereocenters. The largest absolute Gasteiger partial charge is 0.491 e. The third-order valence-electron chi connectivity index (χ3n) is 9.15. The topological polar surface area (TPSA) is 207 Å². The molecule has 17 nitrogen and oxygen atoms in total. The first-order chi connectivity index (χ1) is 26.2. The molecule has 5 heterocycles. The zero-order valence-corrected chi connectivity index (χ0v) is 30.7. The predicted octanol–water partition coefficient (Wildman–Crippen LogP) is 4.16. The van der Waals surface area contributed by atoms with Crippen molar-refractivity contribution in [3.63, 3.8) is 0 Å². The molecule has 0 saturated heterocycles. The Kier molecular flexibility index (Phi) is 10.3. The zero-order chi connectivity index (χ0) is 37.9. The molecule has 0 spiro atoms. The molecule has 7 rings (SSSR count). The van der Waals surface area contributed by atoms with Crippen LogP contribution >= 0.6 is 0 Å². The molecule has 1 aliphatic carbocycles. The number of ether oxygens (including phenoxy) is 1. The van der Waals surface area contributed by atoms with Crippen LogP contribution in [0.5, 0.6) is 5.75 Å². The van der Waals surface area contributed by atoms with E-state index in [4.69, 9.17) is 15.6 Å². The van der Waals surface area contributed by atoms with Crippen molar-refractivity contribution in [3.05, 3.63) is 82.6 Å². The van der Waals surface area contributed by atoms with Crippen molar-refractivity contribution >= 4 is 52.2 Å². The molecule has 0 bridgehead atoms. The molecule has 2 amide bonds. The number of aryl methyl sites for hydroxylation is 4. The van der Waals surface area contributed by atoms with E-state index in [-0.39, 0.29) is 24.3 Å². The highest BCUT2D eigenvalue weighted by molar-refractivity contribution is 6.04. The van der Waals surface area contributed by atoms with Gasteiger partial charge in [-0.25, -0.2) is 15.0 Å². The van der Waals surface area contributed by atoms with E-state index in [1.165, 1.54) is 6.20 Å². The Morgan fingerprint density at radius 1 is 0.870 bits per heavy atom. The van der Waals surface area contributed by atoms with Crippen LogP contribution in [-0.4, -0.2) is 68.4 Å². The number of hydrazine groups is 1. The van der Waals surface area contributed by atoms with Gasteiger partial charge < -0.3 is 9.30 Å². The smallest absolute Gasteiger partial charge is 0.276 e. The van der Waals surface area contributed by atoms with Gasteiger partial charge in [0.15, 0.2) is 11.9 Å².